The Morgan fingerprint density at radius 3 is 1.20 bits per heavy atom. The van der Waals surface area contributed by atoms with Gasteiger partial charge in [0.15, 0.2) is 6.10 Å². The SMILES string of the molecule is CC/C=C\C/C=C\C/C=C\CCCCCC(=O)OC(COCCCCCCCCCCCCCC)COC(=O)CCCCCCCCCCCCCCCCCCCCC. The Kier molecular flexibility index (Phi) is 49.9. The molecule has 0 rings (SSSR count). The van der Waals surface area contributed by atoms with E-state index in [1.807, 2.05) is 0 Å². The van der Waals surface area contributed by atoms with Gasteiger partial charge in [-0.25, -0.2) is 0 Å². The molecule has 0 N–H and O–H groups in total. The van der Waals surface area contributed by atoms with Crippen molar-refractivity contribution in [3.05, 3.63) is 36.5 Å². The van der Waals surface area contributed by atoms with Gasteiger partial charge in [-0.1, -0.05) is 250 Å². The van der Waals surface area contributed by atoms with E-state index in [0.717, 1.165) is 70.6 Å². The first-order valence-electron chi connectivity index (χ1n) is 26.5. The highest BCUT2D eigenvalue weighted by Gasteiger charge is 2.17. The third kappa shape index (κ3) is 48.8. The quantitative estimate of drug-likeness (QED) is 0.0347. The van der Waals surface area contributed by atoms with Crippen LogP contribution in [0, 0.1) is 0 Å². The second-order valence-corrected chi connectivity index (χ2v) is 17.8. The monoisotopic (exact) mass is 843 g/mol. The van der Waals surface area contributed by atoms with Crippen LogP contribution in [0.1, 0.15) is 278 Å². The van der Waals surface area contributed by atoms with Gasteiger partial charge in [0.25, 0.3) is 0 Å². The van der Waals surface area contributed by atoms with Crippen LogP contribution in [0.5, 0.6) is 0 Å². The van der Waals surface area contributed by atoms with E-state index in [-0.39, 0.29) is 25.2 Å². The molecule has 0 aromatic carbocycles. The molecule has 0 aliphatic carbocycles. The summed E-state index contributed by atoms with van der Waals surface area (Å²) >= 11 is 0. The summed E-state index contributed by atoms with van der Waals surface area (Å²) in [5.41, 5.74) is 0. The van der Waals surface area contributed by atoms with Gasteiger partial charge in [-0.05, 0) is 51.4 Å². The lowest BCUT2D eigenvalue weighted by molar-refractivity contribution is -0.163. The highest BCUT2D eigenvalue weighted by atomic mass is 16.6. The molecule has 0 spiro atoms. The first kappa shape index (κ1) is 58.1. The van der Waals surface area contributed by atoms with Gasteiger partial charge in [0.2, 0.25) is 0 Å². The third-order valence-corrected chi connectivity index (χ3v) is 11.7. The van der Waals surface area contributed by atoms with Crippen molar-refractivity contribution in [2.45, 2.75) is 284 Å². The molecule has 0 saturated heterocycles. The highest BCUT2D eigenvalue weighted by Crippen LogP contribution is 2.16. The van der Waals surface area contributed by atoms with E-state index in [1.54, 1.807) is 0 Å². The molecular formula is C55H102O5. The van der Waals surface area contributed by atoms with E-state index in [9.17, 15) is 9.59 Å². The van der Waals surface area contributed by atoms with Crippen molar-refractivity contribution in [3.8, 4) is 0 Å². The zero-order valence-corrected chi connectivity index (χ0v) is 40.5. The maximum Gasteiger partial charge on any atom is 0.306 e. The molecule has 60 heavy (non-hydrogen) atoms. The predicted octanol–water partition coefficient (Wildman–Crippen LogP) is 17.8. The first-order valence-corrected chi connectivity index (χ1v) is 26.5. The van der Waals surface area contributed by atoms with Crippen LogP contribution in [0.2, 0.25) is 0 Å². The van der Waals surface area contributed by atoms with Crippen LogP contribution < -0.4 is 0 Å². The van der Waals surface area contributed by atoms with Crippen molar-refractivity contribution < 1.29 is 23.8 Å². The first-order chi connectivity index (χ1) is 29.6. The van der Waals surface area contributed by atoms with Crippen molar-refractivity contribution >= 4 is 11.9 Å². The summed E-state index contributed by atoms with van der Waals surface area (Å²) in [5, 5.41) is 0. The van der Waals surface area contributed by atoms with Gasteiger partial charge in [-0.15, -0.1) is 0 Å². The number of carbonyl (C=O) groups is 2. The van der Waals surface area contributed by atoms with Gasteiger partial charge in [-0.2, -0.15) is 0 Å². The summed E-state index contributed by atoms with van der Waals surface area (Å²) in [6, 6.07) is 0. The molecule has 0 aromatic rings. The highest BCUT2D eigenvalue weighted by molar-refractivity contribution is 5.70. The zero-order valence-electron chi connectivity index (χ0n) is 40.5. The third-order valence-electron chi connectivity index (χ3n) is 11.7. The van der Waals surface area contributed by atoms with Crippen molar-refractivity contribution in [2.24, 2.45) is 0 Å². The fraction of sp³-hybridized carbons (Fsp3) is 0.855. The van der Waals surface area contributed by atoms with E-state index < -0.39 is 6.10 Å². The zero-order chi connectivity index (χ0) is 43.5. The maximum atomic E-state index is 12.8. The Bertz CT molecular complexity index is 955. The van der Waals surface area contributed by atoms with Crippen LogP contribution in [0.15, 0.2) is 36.5 Å². The minimum atomic E-state index is -0.544. The van der Waals surface area contributed by atoms with Crippen molar-refractivity contribution in [2.75, 3.05) is 19.8 Å². The average Bonchev–Trinajstić information content (AvgIpc) is 3.25. The Hall–Kier alpha value is -1.88. The number of unbranched alkanes of at least 4 members (excludes halogenated alkanes) is 32. The minimum absolute atomic E-state index is 0.0796. The number of carbonyl (C=O) groups excluding carboxylic acids is 2. The van der Waals surface area contributed by atoms with Gasteiger partial charge < -0.3 is 14.2 Å². The molecular weight excluding hydrogens is 741 g/mol. The second kappa shape index (κ2) is 51.5. The second-order valence-electron chi connectivity index (χ2n) is 17.8. The van der Waals surface area contributed by atoms with Gasteiger partial charge >= 0.3 is 11.9 Å². The average molecular weight is 843 g/mol. The molecule has 0 aromatic heterocycles. The fourth-order valence-corrected chi connectivity index (χ4v) is 7.76. The molecule has 1 atom stereocenters. The topological polar surface area (TPSA) is 61.8 Å². The van der Waals surface area contributed by atoms with Crippen LogP contribution in [0.3, 0.4) is 0 Å². The van der Waals surface area contributed by atoms with Crippen LogP contribution in [-0.4, -0.2) is 37.9 Å². The summed E-state index contributed by atoms with van der Waals surface area (Å²) < 4.78 is 17.4. The van der Waals surface area contributed by atoms with Gasteiger partial charge in [-0.3, -0.25) is 9.59 Å². The van der Waals surface area contributed by atoms with Crippen molar-refractivity contribution in [3.63, 3.8) is 0 Å². The van der Waals surface area contributed by atoms with Gasteiger partial charge in [0.05, 0.1) is 6.61 Å². The van der Waals surface area contributed by atoms with E-state index in [4.69, 9.17) is 14.2 Å². The van der Waals surface area contributed by atoms with E-state index in [1.165, 1.54) is 173 Å². The lowest BCUT2D eigenvalue weighted by atomic mass is 10.0. The lowest BCUT2D eigenvalue weighted by Crippen LogP contribution is -2.30. The molecule has 0 saturated carbocycles. The molecule has 0 bridgehead atoms. The molecule has 0 aliphatic rings. The summed E-state index contributed by atoms with van der Waals surface area (Å²) in [4.78, 5) is 25.4. The molecule has 1 unspecified atom stereocenters. The fourth-order valence-electron chi connectivity index (χ4n) is 7.76. The smallest absolute Gasteiger partial charge is 0.306 e. The molecule has 5 heteroatoms. The summed E-state index contributed by atoms with van der Waals surface area (Å²) in [7, 11) is 0. The molecule has 0 aliphatic heterocycles. The Balaban J connectivity index is 4.19. The molecule has 5 nitrogen and oxygen atoms in total. The number of esters is 2. The van der Waals surface area contributed by atoms with Crippen LogP contribution in [-0.2, 0) is 23.8 Å². The predicted molar refractivity (Wildman–Crippen MR) is 261 cm³/mol. The van der Waals surface area contributed by atoms with Crippen molar-refractivity contribution in [1.82, 2.24) is 0 Å². The number of hydrogen-bond acceptors (Lipinski definition) is 5. The Labute approximate surface area is 374 Å². The molecule has 0 fully saturated rings. The molecule has 0 amide bonds. The van der Waals surface area contributed by atoms with Gasteiger partial charge in [0.1, 0.15) is 6.61 Å². The largest absolute Gasteiger partial charge is 0.462 e. The van der Waals surface area contributed by atoms with E-state index >= 15 is 0 Å². The Morgan fingerprint density at radius 2 is 0.750 bits per heavy atom. The van der Waals surface area contributed by atoms with Gasteiger partial charge in [0, 0.05) is 19.4 Å². The lowest BCUT2D eigenvalue weighted by Gasteiger charge is -2.18. The maximum absolute atomic E-state index is 12.8. The standard InChI is InChI=1S/C55H102O5/c1-4-7-10-13-16-19-22-25-26-27-28-29-30-32-33-36-39-42-45-48-54(56)59-52-53(51-58-50-47-44-41-38-35-24-21-18-15-12-9-6-3)60-55(57)49-46-43-40-37-34-31-23-20-17-14-11-8-5-2/h8,11,17,20,31,34,53H,4-7,9-10,12-16,18-19,21-30,32-33,35-52H2,1-3H3/b11-8-,20-17-,34-31-. The van der Waals surface area contributed by atoms with Crippen LogP contribution in [0.4, 0.5) is 0 Å². The molecule has 352 valence electrons. The molecule has 0 heterocycles. The number of hydrogen-bond donors (Lipinski definition) is 0. The van der Waals surface area contributed by atoms with E-state index in [0.29, 0.717) is 19.4 Å². The van der Waals surface area contributed by atoms with E-state index in [2.05, 4.69) is 57.2 Å². The Morgan fingerprint density at radius 1 is 0.383 bits per heavy atom. The normalized spacial score (nSPS) is 12.4. The summed E-state index contributed by atoms with van der Waals surface area (Å²) in [6.07, 6.45) is 61.6. The number of rotatable bonds is 49. The van der Waals surface area contributed by atoms with Crippen LogP contribution >= 0.6 is 0 Å². The summed E-state index contributed by atoms with van der Waals surface area (Å²) in [5.74, 6) is -0.414. The summed E-state index contributed by atoms with van der Waals surface area (Å²) in [6.45, 7) is 7.73. The van der Waals surface area contributed by atoms with Crippen molar-refractivity contribution in [1.29, 1.82) is 0 Å². The van der Waals surface area contributed by atoms with Crippen LogP contribution in [0.25, 0.3) is 0 Å². The minimum Gasteiger partial charge on any atom is -0.462 e. The number of ether oxygens (including phenoxy) is 3. The number of allylic oxidation sites excluding steroid dienone is 6. The molecule has 0 radical (unpaired) electrons.